The van der Waals surface area contributed by atoms with Gasteiger partial charge in [0.15, 0.2) is 0 Å². The van der Waals surface area contributed by atoms with Crippen molar-refractivity contribution in [3.8, 4) is 0 Å². The molecule has 4 nitrogen and oxygen atoms in total. The first-order valence-corrected chi connectivity index (χ1v) is 10.2. The number of thiophene rings is 1. The molecule has 1 aromatic carbocycles. The molecule has 0 atom stereocenters. The molecule has 0 bridgehead atoms. The smallest absolute Gasteiger partial charge is 0.317 e. The standard InChI is InChI=1S/C19H26BrN3OS/c1-4-23(5-2)13-16-9-7-6-8-15(16)12-21-19(24)22(3)14-17-10-11-18(20)25-17/h6-11H,4-5,12-14H2,1-3H3,(H,21,24). The molecule has 0 aliphatic rings. The van der Waals surface area contributed by atoms with Crippen LogP contribution in [0.4, 0.5) is 4.79 Å². The van der Waals surface area contributed by atoms with E-state index >= 15 is 0 Å². The van der Waals surface area contributed by atoms with E-state index in [1.165, 1.54) is 11.1 Å². The summed E-state index contributed by atoms with van der Waals surface area (Å²) in [7, 11) is 1.82. The van der Waals surface area contributed by atoms with Crippen molar-refractivity contribution in [1.29, 1.82) is 0 Å². The lowest BCUT2D eigenvalue weighted by molar-refractivity contribution is 0.206. The fourth-order valence-electron chi connectivity index (χ4n) is 2.62. The number of urea groups is 1. The number of nitrogens with one attached hydrogen (secondary N) is 1. The van der Waals surface area contributed by atoms with E-state index in [1.807, 2.05) is 25.2 Å². The van der Waals surface area contributed by atoms with Gasteiger partial charge in [-0.2, -0.15) is 0 Å². The summed E-state index contributed by atoms with van der Waals surface area (Å²) in [6.07, 6.45) is 0. The van der Waals surface area contributed by atoms with Crippen LogP contribution in [0.5, 0.6) is 0 Å². The third-order valence-corrected chi connectivity index (χ3v) is 5.81. The molecule has 136 valence electrons. The second-order valence-electron chi connectivity index (χ2n) is 5.95. The fraction of sp³-hybridized carbons (Fsp3) is 0.421. The molecule has 2 amide bonds. The van der Waals surface area contributed by atoms with Crippen molar-refractivity contribution >= 4 is 33.3 Å². The van der Waals surface area contributed by atoms with E-state index in [4.69, 9.17) is 0 Å². The first-order valence-electron chi connectivity index (χ1n) is 8.55. The number of hydrogen-bond acceptors (Lipinski definition) is 3. The highest BCUT2D eigenvalue weighted by atomic mass is 79.9. The van der Waals surface area contributed by atoms with E-state index in [-0.39, 0.29) is 6.03 Å². The molecule has 1 aromatic heterocycles. The number of amides is 2. The quantitative estimate of drug-likeness (QED) is 0.667. The average Bonchev–Trinajstić information content (AvgIpc) is 3.03. The number of rotatable bonds is 8. The van der Waals surface area contributed by atoms with Crippen LogP contribution < -0.4 is 5.32 Å². The Morgan fingerprint density at radius 1 is 1.08 bits per heavy atom. The highest BCUT2D eigenvalue weighted by molar-refractivity contribution is 9.11. The molecule has 2 aromatic rings. The van der Waals surface area contributed by atoms with Crippen molar-refractivity contribution in [2.24, 2.45) is 0 Å². The molecule has 6 heteroatoms. The number of benzene rings is 1. The van der Waals surface area contributed by atoms with E-state index in [9.17, 15) is 4.79 Å². The fourth-order valence-corrected chi connectivity index (χ4v) is 4.16. The van der Waals surface area contributed by atoms with Crippen LogP contribution in [0.15, 0.2) is 40.2 Å². The van der Waals surface area contributed by atoms with Crippen molar-refractivity contribution in [3.63, 3.8) is 0 Å². The minimum absolute atomic E-state index is 0.0536. The van der Waals surface area contributed by atoms with Gasteiger partial charge in [0.2, 0.25) is 0 Å². The molecule has 0 spiro atoms. The maximum Gasteiger partial charge on any atom is 0.317 e. The largest absolute Gasteiger partial charge is 0.334 e. The lowest BCUT2D eigenvalue weighted by atomic mass is 10.1. The van der Waals surface area contributed by atoms with Crippen molar-refractivity contribution in [2.75, 3.05) is 20.1 Å². The minimum atomic E-state index is -0.0536. The lowest BCUT2D eigenvalue weighted by Gasteiger charge is -2.21. The van der Waals surface area contributed by atoms with Crippen LogP contribution in [0.2, 0.25) is 0 Å². The van der Waals surface area contributed by atoms with E-state index in [1.54, 1.807) is 16.2 Å². The summed E-state index contributed by atoms with van der Waals surface area (Å²) in [5.74, 6) is 0. The van der Waals surface area contributed by atoms with Gasteiger partial charge in [-0.1, -0.05) is 38.1 Å². The summed E-state index contributed by atoms with van der Waals surface area (Å²) in [5, 5.41) is 3.04. The molecule has 1 N–H and O–H groups in total. The molecule has 2 rings (SSSR count). The number of carbonyl (C=O) groups excluding carboxylic acids is 1. The summed E-state index contributed by atoms with van der Waals surface area (Å²) in [6, 6.07) is 12.3. The molecular formula is C19H26BrN3OS. The Morgan fingerprint density at radius 2 is 1.76 bits per heavy atom. The van der Waals surface area contributed by atoms with Gasteiger partial charge in [0.1, 0.15) is 0 Å². The van der Waals surface area contributed by atoms with Crippen LogP contribution in [-0.2, 0) is 19.6 Å². The molecule has 0 aliphatic heterocycles. The predicted molar refractivity (Wildman–Crippen MR) is 109 cm³/mol. The molecule has 0 radical (unpaired) electrons. The van der Waals surface area contributed by atoms with E-state index < -0.39 is 0 Å². The molecule has 0 unspecified atom stereocenters. The van der Waals surface area contributed by atoms with Crippen LogP contribution in [0.25, 0.3) is 0 Å². The van der Waals surface area contributed by atoms with Crippen molar-refractivity contribution < 1.29 is 4.79 Å². The van der Waals surface area contributed by atoms with Crippen molar-refractivity contribution in [3.05, 3.63) is 56.2 Å². The number of hydrogen-bond donors (Lipinski definition) is 1. The molecule has 0 saturated heterocycles. The number of carbonyl (C=O) groups is 1. The monoisotopic (exact) mass is 423 g/mol. The Morgan fingerprint density at radius 3 is 2.36 bits per heavy atom. The molecule has 0 fully saturated rings. The summed E-state index contributed by atoms with van der Waals surface area (Å²) in [6.45, 7) is 8.47. The average molecular weight is 424 g/mol. The third-order valence-electron chi connectivity index (χ3n) is 4.21. The van der Waals surface area contributed by atoms with Gasteiger partial charge in [0.05, 0.1) is 10.3 Å². The van der Waals surface area contributed by atoms with Gasteiger partial charge >= 0.3 is 6.03 Å². The molecule has 0 saturated carbocycles. The van der Waals surface area contributed by atoms with Gasteiger partial charge in [0.25, 0.3) is 0 Å². The Hall–Kier alpha value is -1.37. The summed E-state index contributed by atoms with van der Waals surface area (Å²) in [5.41, 5.74) is 2.45. The van der Waals surface area contributed by atoms with Crippen LogP contribution in [0.1, 0.15) is 29.9 Å². The highest BCUT2D eigenvalue weighted by Gasteiger charge is 2.12. The normalized spacial score (nSPS) is 10.9. The van der Waals surface area contributed by atoms with E-state index in [2.05, 4.69) is 58.2 Å². The number of nitrogens with zero attached hydrogens (tertiary/aromatic N) is 2. The summed E-state index contributed by atoms with van der Waals surface area (Å²) >= 11 is 5.11. The third kappa shape index (κ3) is 6.13. The zero-order chi connectivity index (χ0) is 18.2. The molecule has 1 heterocycles. The zero-order valence-corrected chi connectivity index (χ0v) is 17.5. The lowest BCUT2D eigenvalue weighted by Crippen LogP contribution is -2.36. The van der Waals surface area contributed by atoms with Gasteiger partial charge in [0, 0.05) is 25.0 Å². The Bertz CT molecular complexity index is 685. The minimum Gasteiger partial charge on any atom is -0.334 e. The zero-order valence-electron chi connectivity index (χ0n) is 15.1. The van der Waals surface area contributed by atoms with Gasteiger partial charge in [-0.05, 0) is 52.3 Å². The van der Waals surface area contributed by atoms with Crippen LogP contribution in [0.3, 0.4) is 0 Å². The van der Waals surface area contributed by atoms with Gasteiger partial charge < -0.3 is 10.2 Å². The Labute approximate surface area is 163 Å². The van der Waals surface area contributed by atoms with Gasteiger partial charge in [-0.3, -0.25) is 4.90 Å². The second kappa shape index (κ2) is 9.94. The number of halogens is 1. The van der Waals surface area contributed by atoms with Gasteiger partial charge in [-0.25, -0.2) is 4.79 Å². The predicted octanol–water partition coefficient (Wildman–Crippen LogP) is 4.69. The topological polar surface area (TPSA) is 35.6 Å². The molecule has 25 heavy (non-hydrogen) atoms. The van der Waals surface area contributed by atoms with E-state index in [0.29, 0.717) is 13.1 Å². The highest BCUT2D eigenvalue weighted by Crippen LogP contribution is 2.23. The second-order valence-corrected chi connectivity index (χ2v) is 8.50. The summed E-state index contributed by atoms with van der Waals surface area (Å²) < 4.78 is 1.08. The Balaban J connectivity index is 1.92. The SMILES string of the molecule is CCN(CC)Cc1ccccc1CNC(=O)N(C)Cc1ccc(Br)s1. The first-order chi connectivity index (χ1) is 12.0. The Kier molecular flexibility index (Phi) is 7.93. The maximum atomic E-state index is 12.4. The van der Waals surface area contributed by atoms with Gasteiger partial charge in [-0.15, -0.1) is 11.3 Å². The maximum absolute atomic E-state index is 12.4. The van der Waals surface area contributed by atoms with Crippen molar-refractivity contribution in [1.82, 2.24) is 15.1 Å². The first kappa shape index (κ1) is 19.9. The summed E-state index contributed by atoms with van der Waals surface area (Å²) in [4.78, 5) is 17.6. The van der Waals surface area contributed by atoms with Crippen LogP contribution in [-0.4, -0.2) is 36.0 Å². The van der Waals surface area contributed by atoms with Crippen LogP contribution >= 0.6 is 27.3 Å². The van der Waals surface area contributed by atoms with E-state index in [0.717, 1.165) is 28.3 Å². The molecule has 0 aliphatic carbocycles. The molecular weight excluding hydrogens is 398 g/mol. The van der Waals surface area contributed by atoms with Crippen LogP contribution in [0, 0.1) is 0 Å². The van der Waals surface area contributed by atoms with Crippen molar-refractivity contribution in [2.45, 2.75) is 33.5 Å².